The van der Waals surface area contributed by atoms with Crippen molar-refractivity contribution in [3.05, 3.63) is 47.7 Å². The second kappa shape index (κ2) is 6.78. The first kappa shape index (κ1) is 16.6. The number of aliphatic carboxylic acids is 1. The molecule has 134 valence electrons. The van der Waals surface area contributed by atoms with Crippen LogP contribution in [0.2, 0.25) is 0 Å². The average Bonchev–Trinajstić information content (AvgIpc) is 3.46. The van der Waals surface area contributed by atoms with Crippen LogP contribution in [0, 0.1) is 11.8 Å². The number of ether oxygens (including phenoxy) is 1. The molecule has 26 heavy (non-hydrogen) atoms. The van der Waals surface area contributed by atoms with Crippen molar-refractivity contribution in [2.75, 3.05) is 5.32 Å². The number of pyridine rings is 1. The maximum atomic E-state index is 11.9. The van der Waals surface area contributed by atoms with Gasteiger partial charge < -0.3 is 15.2 Å². The van der Waals surface area contributed by atoms with Gasteiger partial charge in [-0.2, -0.15) is 0 Å². The number of carboxylic acid groups (broad SMARTS) is 1. The number of benzene rings is 1. The zero-order valence-corrected chi connectivity index (χ0v) is 14.3. The summed E-state index contributed by atoms with van der Waals surface area (Å²) < 4.78 is 5.90. The largest absolute Gasteiger partial charge is 0.481 e. The van der Waals surface area contributed by atoms with E-state index in [0.29, 0.717) is 30.2 Å². The Morgan fingerprint density at radius 2 is 1.85 bits per heavy atom. The summed E-state index contributed by atoms with van der Waals surface area (Å²) in [6.45, 7) is 0. The van der Waals surface area contributed by atoms with Crippen molar-refractivity contribution in [2.24, 2.45) is 11.8 Å². The number of aryl methyl sites for hydroxylation is 1. The molecule has 2 aromatic rings. The van der Waals surface area contributed by atoms with E-state index in [0.717, 1.165) is 24.8 Å². The van der Waals surface area contributed by atoms with Crippen molar-refractivity contribution in [1.29, 1.82) is 0 Å². The van der Waals surface area contributed by atoms with Crippen LogP contribution in [0.25, 0.3) is 0 Å². The standard InChI is InChI=1S/C20H20N2O4/c23-19(13-2-3-13)22-18-11-17(7-8-21-18)26-16-6-5-12-1-4-14(20(24)25)9-15(12)10-16/h5-8,10-11,13-14H,1-4,9H2,(H,24,25)(H,21,22,23)/t14-/m1/s1. The van der Waals surface area contributed by atoms with Crippen molar-refractivity contribution in [3.8, 4) is 11.5 Å². The molecule has 2 aliphatic rings. The number of carbonyl (C=O) groups excluding carboxylic acids is 1. The fraction of sp³-hybridized carbons (Fsp3) is 0.350. The minimum atomic E-state index is -0.743. The number of rotatable bonds is 5. The SMILES string of the molecule is O=C(Nc1cc(Oc2ccc3c(c2)C[C@H](C(=O)O)CC3)ccn1)C1CC1. The Morgan fingerprint density at radius 3 is 2.62 bits per heavy atom. The second-order valence-corrected chi connectivity index (χ2v) is 6.95. The highest BCUT2D eigenvalue weighted by atomic mass is 16.5. The lowest BCUT2D eigenvalue weighted by molar-refractivity contribution is -0.142. The summed E-state index contributed by atoms with van der Waals surface area (Å²) in [6.07, 6.45) is 5.46. The van der Waals surface area contributed by atoms with E-state index in [1.807, 2.05) is 18.2 Å². The molecule has 1 aromatic heterocycles. The third-order valence-electron chi connectivity index (χ3n) is 4.92. The lowest BCUT2D eigenvalue weighted by Crippen LogP contribution is -2.22. The number of amides is 1. The molecular formula is C20H20N2O4. The Kier molecular flexibility index (Phi) is 4.32. The summed E-state index contributed by atoms with van der Waals surface area (Å²) in [7, 11) is 0. The average molecular weight is 352 g/mol. The van der Waals surface area contributed by atoms with Gasteiger partial charge in [0.25, 0.3) is 0 Å². The number of nitrogens with one attached hydrogen (secondary N) is 1. The summed E-state index contributed by atoms with van der Waals surface area (Å²) in [4.78, 5) is 27.2. The molecule has 1 fully saturated rings. The van der Waals surface area contributed by atoms with E-state index in [1.54, 1.807) is 18.3 Å². The topological polar surface area (TPSA) is 88.5 Å². The Balaban J connectivity index is 1.48. The highest BCUT2D eigenvalue weighted by molar-refractivity contribution is 5.93. The monoisotopic (exact) mass is 352 g/mol. The van der Waals surface area contributed by atoms with E-state index in [-0.39, 0.29) is 17.7 Å². The van der Waals surface area contributed by atoms with Gasteiger partial charge in [0.2, 0.25) is 5.91 Å². The van der Waals surface area contributed by atoms with Crippen LogP contribution in [-0.4, -0.2) is 22.0 Å². The van der Waals surface area contributed by atoms with Crippen LogP contribution in [0.5, 0.6) is 11.5 Å². The van der Waals surface area contributed by atoms with Crippen LogP contribution in [0.15, 0.2) is 36.5 Å². The second-order valence-electron chi connectivity index (χ2n) is 6.95. The molecule has 0 unspecified atom stereocenters. The first-order valence-corrected chi connectivity index (χ1v) is 8.88. The Bertz CT molecular complexity index is 861. The van der Waals surface area contributed by atoms with Gasteiger partial charge in [-0.25, -0.2) is 4.98 Å². The maximum Gasteiger partial charge on any atom is 0.306 e. The molecular weight excluding hydrogens is 332 g/mol. The molecule has 1 heterocycles. The quantitative estimate of drug-likeness (QED) is 0.861. The number of hydrogen-bond acceptors (Lipinski definition) is 4. The van der Waals surface area contributed by atoms with Gasteiger partial charge in [0, 0.05) is 18.2 Å². The summed E-state index contributed by atoms with van der Waals surface area (Å²) >= 11 is 0. The number of carbonyl (C=O) groups is 2. The van der Waals surface area contributed by atoms with Gasteiger partial charge in [-0.05, 0) is 61.4 Å². The van der Waals surface area contributed by atoms with E-state index in [9.17, 15) is 14.7 Å². The van der Waals surface area contributed by atoms with E-state index in [2.05, 4.69) is 10.3 Å². The molecule has 1 amide bonds. The van der Waals surface area contributed by atoms with Crippen LogP contribution < -0.4 is 10.1 Å². The number of hydrogen-bond donors (Lipinski definition) is 2. The number of nitrogens with zero attached hydrogens (tertiary/aromatic N) is 1. The van der Waals surface area contributed by atoms with Gasteiger partial charge in [0.1, 0.15) is 17.3 Å². The molecule has 0 aliphatic heterocycles. The van der Waals surface area contributed by atoms with Crippen LogP contribution in [-0.2, 0) is 22.4 Å². The zero-order chi connectivity index (χ0) is 18.1. The minimum absolute atomic E-state index is 0.00291. The smallest absolute Gasteiger partial charge is 0.306 e. The lowest BCUT2D eigenvalue weighted by Gasteiger charge is -2.22. The van der Waals surface area contributed by atoms with E-state index >= 15 is 0 Å². The number of carboxylic acids is 1. The molecule has 2 N–H and O–H groups in total. The van der Waals surface area contributed by atoms with E-state index in [1.165, 1.54) is 5.56 Å². The molecule has 1 saturated carbocycles. The van der Waals surface area contributed by atoms with Crippen molar-refractivity contribution in [2.45, 2.75) is 32.1 Å². The normalized spacial score (nSPS) is 18.7. The molecule has 1 atom stereocenters. The summed E-state index contributed by atoms with van der Waals surface area (Å²) in [6, 6.07) is 9.22. The number of aromatic nitrogens is 1. The predicted molar refractivity (Wildman–Crippen MR) is 95.3 cm³/mol. The minimum Gasteiger partial charge on any atom is -0.481 e. The maximum absolute atomic E-state index is 11.9. The molecule has 6 heteroatoms. The molecule has 0 bridgehead atoms. The predicted octanol–water partition coefficient (Wildman–Crippen LogP) is 3.41. The van der Waals surface area contributed by atoms with Crippen molar-refractivity contribution < 1.29 is 19.4 Å². The van der Waals surface area contributed by atoms with Crippen molar-refractivity contribution in [3.63, 3.8) is 0 Å². The Morgan fingerprint density at radius 1 is 1.04 bits per heavy atom. The van der Waals surface area contributed by atoms with E-state index in [4.69, 9.17) is 4.74 Å². The van der Waals surface area contributed by atoms with Gasteiger partial charge in [-0.15, -0.1) is 0 Å². The Hall–Kier alpha value is -2.89. The molecule has 6 nitrogen and oxygen atoms in total. The third kappa shape index (κ3) is 3.69. The first-order valence-electron chi connectivity index (χ1n) is 8.88. The molecule has 0 spiro atoms. The number of fused-ring (bicyclic) bond motifs is 1. The highest BCUT2D eigenvalue weighted by Gasteiger charge is 2.29. The van der Waals surface area contributed by atoms with Gasteiger partial charge >= 0.3 is 5.97 Å². The fourth-order valence-electron chi connectivity index (χ4n) is 3.26. The highest BCUT2D eigenvalue weighted by Crippen LogP contribution is 2.32. The van der Waals surface area contributed by atoms with Crippen LogP contribution in [0.1, 0.15) is 30.4 Å². The molecule has 4 rings (SSSR count). The summed E-state index contributed by atoms with van der Waals surface area (Å²) in [5.41, 5.74) is 2.21. The summed E-state index contributed by atoms with van der Waals surface area (Å²) in [5, 5.41) is 12.0. The molecule has 0 radical (unpaired) electrons. The third-order valence-corrected chi connectivity index (χ3v) is 4.92. The molecule has 0 saturated heterocycles. The Labute approximate surface area is 151 Å². The fourth-order valence-corrected chi connectivity index (χ4v) is 3.26. The lowest BCUT2D eigenvalue weighted by atomic mass is 9.84. The first-order chi connectivity index (χ1) is 12.6. The van der Waals surface area contributed by atoms with Crippen LogP contribution >= 0.6 is 0 Å². The van der Waals surface area contributed by atoms with Crippen molar-refractivity contribution in [1.82, 2.24) is 4.98 Å². The number of anilines is 1. The molecule has 1 aromatic carbocycles. The van der Waals surface area contributed by atoms with Gasteiger partial charge in [-0.1, -0.05) is 6.07 Å². The van der Waals surface area contributed by atoms with Crippen molar-refractivity contribution >= 4 is 17.7 Å². The summed E-state index contributed by atoms with van der Waals surface area (Å²) in [5.74, 6) is 0.753. The van der Waals surface area contributed by atoms with Gasteiger partial charge in [0.05, 0.1) is 5.92 Å². The van der Waals surface area contributed by atoms with E-state index < -0.39 is 5.97 Å². The molecule has 2 aliphatic carbocycles. The van der Waals surface area contributed by atoms with Crippen LogP contribution in [0.3, 0.4) is 0 Å². The van der Waals surface area contributed by atoms with Crippen LogP contribution in [0.4, 0.5) is 5.82 Å². The zero-order valence-electron chi connectivity index (χ0n) is 14.3. The van der Waals surface area contributed by atoms with Gasteiger partial charge in [0.15, 0.2) is 0 Å². The van der Waals surface area contributed by atoms with Gasteiger partial charge in [-0.3, -0.25) is 9.59 Å².